The van der Waals surface area contributed by atoms with E-state index in [0.29, 0.717) is 13.0 Å². The maximum Gasteiger partial charge on any atom is 0.217 e. The molecule has 1 amide bonds. The Balaban J connectivity index is 1.36. The lowest BCUT2D eigenvalue weighted by molar-refractivity contribution is -0.245. The number of aromatic nitrogens is 2. The fourth-order valence-electron chi connectivity index (χ4n) is 4.52. The molecule has 1 aliphatic heterocycles. The lowest BCUT2D eigenvalue weighted by Gasteiger charge is -2.36. The number of amides is 1. The maximum absolute atomic E-state index is 11.4. The van der Waals surface area contributed by atoms with E-state index in [1.807, 2.05) is 61.5 Å². The molecule has 1 fully saturated rings. The molecule has 39 heavy (non-hydrogen) atoms. The molecule has 2 heterocycles. The van der Waals surface area contributed by atoms with Crippen molar-refractivity contribution in [1.29, 1.82) is 0 Å². The lowest BCUT2D eigenvalue weighted by atomic mass is 9.98. The van der Waals surface area contributed by atoms with Crippen LogP contribution in [0.3, 0.4) is 0 Å². The van der Waals surface area contributed by atoms with Gasteiger partial charge >= 0.3 is 0 Å². The number of benzene rings is 3. The molecule has 1 aromatic heterocycles. The van der Waals surface area contributed by atoms with Gasteiger partial charge in [-0.15, -0.1) is 10.2 Å². The van der Waals surface area contributed by atoms with E-state index in [4.69, 9.17) is 9.47 Å². The normalized spacial score (nSPS) is 19.1. The largest absolute Gasteiger partial charge is 0.392 e. The fraction of sp³-hybridized carbons (Fsp3) is 0.300. The molecule has 0 radical (unpaired) electrons. The van der Waals surface area contributed by atoms with Crippen molar-refractivity contribution in [3.8, 4) is 11.1 Å². The van der Waals surface area contributed by atoms with Crippen LogP contribution in [0, 0.1) is 6.92 Å². The van der Waals surface area contributed by atoms with Crippen molar-refractivity contribution < 1.29 is 19.4 Å². The van der Waals surface area contributed by atoms with Crippen LogP contribution >= 0.6 is 23.1 Å². The van der Waals surface area contributed by atoms with Gasteiger partial charge in [0, 0.05) is 31.2 Å². The molecule has 0 bridgehead atoms. The first kappa shape index (κ1) is 27.5. The molecule has 3 atom stereocenters. The molecule has 7 nitrogen and oxygen atoms in total. The highest BCUT2D eigenvalue weighted by Gasteiger charge is 2.32. The summed E-state index contributed by atoms with van der Waals surface area (Å²) in [5.74, 6) is 0.690. The Bertz CT molecular complexity index is 1390. The predicted molar refractivity (Wildman–Crippen MR) is 153 cm³/mol. The van der Waals surface area contributed by atoms with Gasteiger partial charge in [-0.05, 0) is 34.7 Å². The minimum Gasteiger partial charge on any atom is -0.392 e. The van der Waals surface area contributed by atoms with Gasteiger partial charge in [-0.2, -0.15) is 0 Å². The molecule has 3 unspecified atom stereocenters. The Morgan fingerprint density at radius 2 is 1.77 bits per heavy atom. The third kappa shape index (κ3) is 7.12. The molecule has 0 saturated carbocycles. The van der Waals surface area contributed by atoms with Crippen LogP contribution in [0.1, 0.15) is 53.0 Å². The van der Waals surface area contributed by atoms with E-state index in [1.165, 1.54) is 6.92 Å². The monoisotopic (exact) mass is 561 g/mol. The molecule has 4 aromatic rings. The quantitative estimate of drug-likeness (QED) is 0.243. The van der Waals surface area contributed by atoms with Crippen LogP contribution in [-0.4, -0.2) is 33.1 Å². The summed E-state index contributed by atoms with van der Waals surface area (Å²) in [6.45, 7) is 3.97. The van der Waals surface area contributed by atoms with Gasteiger partial charge in [0.05, 0.1) is 18.8 Å². The van der Waals surface area contributed by atoms with Gasteiger partial charge in [-0.3, -0.25) is 4.79 Å². The highest BCUT2D eigenvalue weighted by Crippen LogP contribution is 2.40. The van der Waals surface area contributed by atoms with Gasteiger partial charge in [-0.1, -0.05) is 95.9 Å². The van der Waals surface area contributed by atoms with Crippen LogP contribution in [0.15, 0.2) is 77.1 Å². The predicted octanol–water partition coefficient (Wildman–Crippen LogP) is 5.98. The first-order valence-electron chi connectivity index (χ1n) is 12.8. The van der Waals surface area contributed by atoms with Gasteiger partial charge in [0.2, 0.25) is 5.91 Å². The zero-order valence-corrected chi connectivity index (χ0v) is 23.5. The molecule has 1 saturated heterocycles. The first-order valence-corrected chi connectivity index (χ1v) is 14.6. The topological polar surface area (TPSA) is 93.6 Å². The Hall–Kier alpha value is -3.08. The van der Waals surface area contributed by atoms with E-state index < -0.39 is 6.29 Å². The number of hydrogen-bond donors (Lipinski definition) is 2. The number of aliphatic hydroxyl groups is 1. The number of ether oxygens (including phenoxy) is 2. The number of rotatable bonds is 9. The second-order valence-corrected chi connectivity index (χ2v) is 11.9. The lowest BCUT2D eigenvalue weighted by Crippen LogP contribution is -2.31. The number of aliphatic hydroxyl groups excluding tert-OH is 1. The number of aryl methyl sites for hydroxylation is 1. The van der Waals surface area contributed by atoms with E-state index in [9.17, 15) is 9.90 Å². The van der Waals surface area contributed by atoms with Crippen molar-refractivity contribution >= 4 is 29.0 Å². The molecular weight excluding hydrogens is 530 g/mol. The molecule has 3 aromatic carbocycles. The van der Waals surface area contributed by atoms with Crippen molar-refractivity contribution in [2.75, 3.05) is 5.75 Å². The Morgan fingerprint density at radius 3 is 2.46 bits per heavy atom. The Labute approximate surface area is 236 Å². The minimum absolute atomic E-state index is 0.0123. The highest BCUT2D eigenvalue weighted by atomic mass is 32.2. The van der Waals surface area contributed by atoms with Crippen LogP contribution in [-0.2, 0) is 27.4 Å². The number of carbonyl (C=O) groups is 1. The summed E-state index contributed by atoms with van der Waals surface area (Å²) in [6, 6.07) is 24.2. The van der Waals surface area contributed by atoms with Crippen LogP contribution in [0.2, 0.25) is 0 Å². The average Bonchev–Trinajstić information content (AvgIpc) is 3.40. The molecule has 0 aliphatic carbocycles. The van der Waals surface area contributed by atoms with Crippen molar-refractivity contribution in [3.05, 3.63) is 100 Å². The zero-order valence-electron chi connectivity index (χ0n) is 21.9. The third-order valence-electron chi connectivity index (χ3n) is 6.55. The van der Waals surface area contributed by atoms with Gasteiger partial charge in [0.15, 0.2) is 10.6 Å². The summed E-state index contributed by atoms with van der Waals surface area (Å²) in [5, 5.41) is 21.6. The number of nitrogens with one attached hydrogen (secondary N) is 1. The average molecular weight is 562 g/mol. The molecule has 202 valence electrons. The van der Waals surface area contributed by atoms with Gasteiger partial charge < -0.3 is 19.9 Å². The van der Waals surface area contributed by atoms with E-state index in [1.54, 1.807) is 23.1 Å². The third-order valence-corrected chi connectivity index (χ3v) is 8.66. The van der Waals surface area contributed by atoms with E-state index in [-0.39, 0.29) is 24.7 Å². The molecule has 5 rings (SSSR count). The van der Waals surface area contributed by atoms with Gasteiger partial charge in [-0.25, -0.2) is 0 Å². The van der Waals surface area contributed by atoms with Gasteiger partial charge in [0.1, 0.15) is 5.01 Å². The van der Waals surface area contributed by atoms with Crippen LogP contribution in [0.5, 0.6) is 0 Å². The number of thioether (sulfide) groups is 1. The molecule has 2 N–H and O–H groups in total. The van der Waals surface area contributed by atoms with Gasteiger partial charge in [0.25, 0.3) is 0 Å². The fourth-order valence-corrected chi connectivity index (χ4v) is 6.38. The van der Waals surface area contributed by atoms with E-state index in [2.05, 4.69) is 33.7 Å². The standard InChI is InChI=1S/C30H31N3O4S2/c1-19(35)31-16-25-5-3-4-6-27(25)22-11-13-24(14-12-22)29-36-26(18-38-30-33-32-20(2)39-30)15-28(37-29)23-9-7-21(17-34)8-10-23/h3-14,26,28-29,34H,15-18H2,1-2H3,(H,31,35). The number of hydrogen-bond acceptors (Lipinski definition) is 8. The maximum atomic E-state index is 11.4. The molecular formula is C30H31N3O4S2. The number of nitrogens with zero attached hydrogens (tertiary/aromatic N) is 2. The van der Waals surface area contributed by atoms with Crippen molar-refractivity contribution in [3.63, 3.8) is 0 Å². The van der Waals surface area contributed by atoms with Crippen molar-refractivity contribution in [2.45, 2.75) is 56.3 Å². The Morgan fingerprint density at radius 1 is 1.03 bits per heavy atom. The Kier molecular flexibility index (Phi) is 9.06. The van der Waals surface area contributed by atoms with E-state index in [0.717, 1.165) is 48.5 Å². The molecule has 9 heteroatoms. The number of carbonyl (C=O) groups excluding carboxylic acids is 1. The second-order valence-electron chi connectivity index (χ2n) is 9.44. The van der Waals surface area contributed by atoms with Crippen molar-refractivity contribution in [1.82, 2.24) is 15.5 Å². The van der Waals surface area contributed by atoms with Crippen LogP contribution in [0.25, 0.3) is 11.1 Å². The summed E-state index contributed by atoms with van der Waals surface area (Å²) in [5.41, 5.74) is 6.07. The summed E-state index contributed by atoms with van der Waals surface area (Å²) in [6.07, 6.45) is 0.00972. The summed E-state index contributed by atoms with van der Waals surface area (Å²) < 4.78 is 13.9. The zero-order chi connectivity index (χ0) is 27.2. The summed E-state index contributed by atoms with van der Waals surface area (Å²) >= 11 is 3.25. The van der Waals surface area contributed by atoms with Crippen LogP contribution in [0.4, 0.5) is 0 Å². The second kappa shape index (κ2) is 12.8. The van der Waals surface area contributed by atoms with Crippen molar-refractivity contribution in [2.24, 2.45) is 0 Å². The van der Waals surface area contributed by atoms with E-state index >= 15 is 0 Å². The first-order chi connectivity index (χ1) is 19.0. The minimum atomic E-state index is -0.522. The van der Waals surface area contributed by atoms with Crippen LogP contribution < -0.4 is 5.32 Å². The summed E-state index contributed by atoms with van der Waals surface area (Å²) in [7, 11) is 0. The molecule has 1 aliphatic rings. The molecule has 0 spiro atoms. The summed E-state index contributed by atoms with van der Waals surface area (Å²) in [4.78, 5) is 11.4. The highest BCUT2D eigenvalue weighted by molar-refractivity contribution is 8.01. The smallest absolute Gasteiger partial charge is 0.217 e. The SMILES string of the molecule is CC(=O)NCc1ccccc1-c1ccc(C2OC(CSc3nnc(C)s3)CC(c3ccc(CO)cc3)O2)cc1.